The van der Waals surface area contributed by atoms with Crippen molar-refractivity contribution in [1.29, 1.82) is 0 Å². The van der Waals surface area contributed by atoms with Gasteiger partial charge >= 0.3 is 5.97 Å². The molecule has 0 saturated carbocycles. The molecule has 0 saturated heterocycles. The first-order chi connectivity index (χ1) is 8.29. The first-order valence-electron chi connectivity index (χ1n) is 5.34. The summed E-state index contributed by atoms with van der Waals surface area (Å²) < 4.78 is 8.19. The van der Waals surface area contributed by atoms with Crippen LogP contribution in [0.4, 0.5) is 0 Å². The minimum Gasteiger partial charge on any atom is -0.461 e. The van der Waals surface area contributed by atoms with Crippen molar-refractivity contribution in [2.45, 2.75) is 20.0 Å². The molecule has 90 valence electrons. The van der Waals surface area contributed by atoms with Gasteiger partial charge in [0.25, 0.3) is 0 Å². The third kappa shape index (κ3) is 2.90. The van der Waals surface area contributed by atoms with Crippen molar-refractivity contribution in [2.75, 3.05) is 6.61 Å². The molecule has 0 spiro atoms. The molecule has 0 atom stereocenters. The number of ether oxygens (including phenoxy) is 1. The van der Waals surface area contributed by atoms with E-state index in [2.05, 4.69) is 15.4 Å². The second kappa shape index (κ2) is 5.24. The Labute approximate surface area is 98.0 Å². The lowest BCUT2D eigenvalue weighted by Crippen LogP contribution is -2.08. The van der Waals surface area contributed by atoms with Gasteiger partial charge in [0.15, 0.2) is 5.69 Å². The van der Waals surface area contributed by atoms with Gasteiger partial charge in [0.1, 0.15) is 0 Å². The van der Waals surface area contributed by atoms with Crippen molar-refractivity contribution in [2.24, 2.45) is 0 Å². The van der Waals surface area contributed by atoms with E-state index in [4.69, 9.17) is 4.74 Å². The monoisotopic (exact) mass is 235 g/mol. The van der Waals surface area contributed by atoms with Gasteiger partial charge in [0.2, 0.25) is 0 Å². The van der Waals surface area contributed by atoms with E-state index in [1.165, 1.54) is 0 Å². The van der Waals surface area contributed by atoms with Crippen LogP contribution in [0, 0.1) is 0 Å². The van der Waals surface area contributed by atoms with Gasteiger partial charge in [-0.2, -0.15) is 5.10 Å². The Hall–Kier alpha value is -2.18. The molecule has 7 heteroatoms. The third-order valence-corrected chi connectivity index (χ3v) is 2.14. The summed E-state index contributed by atoms with van der Waals surface area (Å²) in [5, 5.41) is 11.7. The van der Waals surface area contributed by atoms with E-state index in [0.717, 1.165) is 0 Å². The number of rotatable bonds is 5. The zero-order valence-corrected chi connectivity index (χ0v) is 9.48. The normalized spacial score (nSPS) is 10.4. The van der Waals surface area contributed by atoms with Gasteiger partial charge < -0.3 is 4.74 Å². The second-order valence-electron chi connectivity index (χ2n) is 3.36. The third-order valence-electron chi connectivity index (χ3n) is 2.14. The number of aromatic nitrogens is 5. The van der Waals surface area contributed by atoms with E-state index in [0.29, 0.717) is 19.7 Å². The molecule has 0 radical (unpaired) electrons. The summed E-state index contributed by atoms with van der Waals surface area (Å²) in [6.45, 7) is 3.37. The van der Waals surface area contributed by atoms with Crippen LogP contribution < -0.4 is 0 Å². The zero-order valence-electron chi connectivity index (χ0n) is 9.48. The van der Waals surface area contributed by atoms with Crippen molar-refractivity contribution >= 4 is 5.97 Å². The molecular weight excluding hydrogens is 222 g/mol. The van der Waals surface area contributed by atoms with E-state index in [-0.39, 0.29) is 5.69 Å². The number of carbonyl (C=O) groups excluding carboxylic acids is 1. The van der Waals surface area contributed by atoms with E-state index in [1.807, 2.05) is 12.3 Å². The first-order valence-corrected chi connectivity index (χ1v) is 5.34. The van der Waals surface area contributed by atoms with Crippen LogP contribution in [0.25, 0.3) is 0 Å². The summed E-state index contributed by atoms with van der Waals surface area (Å²) in [5.41, 5.74) is 0.229. The lowest BCUT2D eigenvalue weighted by Gasteiger charge is -2.00. The van der Waals surface area contributed by atoms with Crippen molar-refractivity contribution in [1.82, 2.24) is 24.8 Å². The molecule has 2 heterocycles. The maximum atomic E-state index is 11.3. The molecule has 0 bridgehead atoms. The Kier molecular flexibility index (Phi) is 3.49. The Morgan fingerprint density at radius 3 is 2.94 bits per heavy atom. The Morgan fingerprint density at radius 1 is 1.41 bits per heavy atom. The van der Waals surface area contributed by atoms with Gasteiger partial charge in [-0.3, -0.25) is 4.68 Å². The molecule has 2 rings (SSSR count). The van der Waals surface area contributed by atoms with Crippen LogP contribution in [0.1, 0.15) is 17.4 Å². The molecule has 0 amide bonds. The van der Waals surface area contributed by atoms with E-state index >= 15 is 0 Å². The number of nitrogens with zero attached hydrogens (tertiary/aromatic N) is 5. The number of hydrogen-bond donors (Lipinski definition) is 0. The van der Waals surface area contributed by atoms with Gasteiger partial charge in [-0.25, -0.2) is 9.48 Å². The Morgan fingerprint density at radius 2 is 2.24 bits per heavy atom. The molecule has 17 heavy (non-hydrogen) atoms. The van der Waals surface area contributed by atoms with Gasteiger partial charge in [-0.15, -0.1) is 5.10 Å². The largest absolute Gasteiger partial charge is 0.461 e. The predicted molar refractivity (Wildman–Crippen MR) is 58.2 cm³/mol. The molecule has 0 aliphatic heterocycles. The second-order valence-corrected chi connectivity index (χ2v) is 3.36. The molecule has 7 nitrogen and oxygen atoms in total. The number of esters is 1. The van der Waals surface area contributed by atoms with Crippen LogP contribution in [0.2, 0.25) is 0 Å². The van der Waals surface area contributed by atoms with E-state index in [1.54, 1.807) is 28.7 Å². The van der Waals surface area contributed by atoms with Crippen LogP contribution in [0.3, 0.4) is 0 Å². The highest BCUT2D eigenvalue weighted by Gasteiger charge is 2.11. The molecule has 0 fully saturated rings. The fraction of sp³-hybridized carbons (Fsp3) is 0.400. The molecule has 2 aromatic rings. The zero-order chi connectivity index (χ0) is 12.1. The van der Waals surface area contributed by atoms with E-state index < -0.39 is 5.97 Å². The van der Waals surface area contributed by atoms with Crippen molar-refractivity contribution in [3.63, 3.8) is 0 Å². The highest BCUT2D eigenvalue weighted by Crippen LogP contribution is 1.97. The smallest absolute Gasteiger partial charge is 0.360 e. The van der Waals surface area contributed by atoms with Crippen LogP contribution in [0.15, 0.2) is 24.7 Å². The predicted octanol–water partition coefficient (Wildman–Crippen LogP) is 0.351. The van der Waals surface area contributed by atoms with Crippen LogP contribution in [-0.4, -0.2) is 37.4 Å². The number of carbonyl (C=O) groups is 1. The summed E-state index contributed by atoms with van der Waals surface area (Å²) in [5.74, 6) is -0.446. The van der Waals surface area contributed by atoms with Gasteiger partial charge in [-0.05, 0) is 13.0 Å². The summed E-state index contributed by atoms with van der Waals surface area (Å²) in [6, 6.07) is 1.85. The number of aryl methyl sites for hydroxylation is 2. The van der Waals surface area contributed by atoms with Crippen molar-refractivity contribution in [3.05, 3.63) is 30.4 Å². The van der Waals surface area contributed by atoms with Gasteiger partial charge in [0, 0.05) is 12.4 Å². The molecular formula is C10H13N5O2. The summed E-state index contributed by atoms with van der Waals surface area (Å²) in [6.07, 6.45) is 5.15. The highest BCUT2D eigenvalue weighted by atomic mass is 16.5. The molecule has 0 aliphatic rings. The highest BCUT2D eigenvalue weighted by molar-refractivity contribution is 5.86. The van der Waals surface area contributed by atoms with Crippen LogP contribution in [0.5, 0.6) is 0 Å². The lowest BCUT2D eigenvalue weighted by atomic mass is 10.5. The van der Waals surface area contributed by atoms with Crippen molar-refractivity contribution < 1.29 is 9.53 Å². The fourth-order valence-electron chi connectivity index (χ4n) is 1.34. The minimum atomic E-state index is -0.446. The summed E-state index contributed by atoms with van der Waals surface area (Å²) in [4.78, 5) is 11.3. The average molecular weight is 235 g/mol. The molecule has 0 N–H and O–H groups in total. The SMILES string of the molecule is CCOC(=O)c1cn(CCn2cccn2)nn1. The van der Waals surface area contributed by atoms with Gasteiger partial charge in [-0.1, -0.05) is 5.21 Å². The van der Waals surface area contributed by atoms with Gasteiger partial charge in [0.05, 0.1) is 25.9 Å². The van der Waals surface area contributed by atoms with Crippen LogP contribution >= 0.6 is 0 Å². The number of hydrogen-bond acceptors (Lipinski definition) is 5. The Bertz CT molecular complexity index is 477. The molecule has 0 aromatic carbocycles. The maximum Gasteiger partial charge on any atom is 0.360 e. The summed E-state index contributed by atoms with van der Waals surface area (Å²) in [7, 11) is 0. The molecule has 2 aromatic heterocycles. The Balaban J connectivity index is 1.92. The quantitative estimate of drug-likeness (QED) is 0.699. The standard InChI is InChI=1S/C10H13N5O2/c1-2-17-10(16)9-8-15(13-12-9)7-6-14-5-3-4-11-14/h3-5,8H,2,6-7H2,1H3. The van der Waals surface area contributed by atoms with E-state index in [9.17, 15) is 4.79 Å². The molecule has 0 unspecified atom stereocenters. The first kappa shape index (κ1) is 11.3. The maximum absolute atomic E-state index is 11.3. The minimum absolute atomic E-state index is 0.229. The fourth-order valence-corrected chi connectivity index (χ4v) is 1.34. The summed E-state index contributed by atoms with van der Waals surface area (Å²) >= 11 is 0. The van der Waals surface area contributed by atoms with Crippen LogP contribution in [-0.2, 0) is 17.8 Å². The molecule has 0 aliphatic carbocycles. The average Bonchev–Trinajstić information content (AvgIpc) is 2.98. The lowest BCUT2D eigenvalue weighted by molar-refractivity contribution is 0.0519. The van der Waals surface area contributed by atoms with Crippen molar-refractivity contribution in [3.8, 4) is 0 Å². The topological polar surface area (TPSA) is 74.8 Å².